The summed E-state index contributed by atoms with van der Waals surface area (Å²) in [6.45, 7) is 2.60. The molecule has 0 aliphatic rings. The van der Waals surface area contributed by atoms with Gasteiger partial charge < -0.3 is 10.1 Å². The predicted octanol–water partition coefficient (Wildman–Crippen LogP) is 3.51. The second-order valence-corrected chi connectivity index (χ2v) is 5.14. The van der Waals surface area contributed by atoms with Crippen molar-refractivity contribution in [1.82, 2.24) is 5.32 Å². The molecular formula is C18H21NO2. The Morgan fingerprint density at radius 1 is 1.14 bits per heavy atom. The van der Waals surface area contributed by atoms with Crippen molar-refractivity contribution in [3.8, 4) is 5.75 Å². The van der Waals surface area contributed by atoms with Crippen LogP contribution in [0.1, 0.15) is 30.4 Å². The number of hydrogen-bond donors (Lipinski definition) is 1. The van der Waals surface area contributed by atoms with Crippen LogP contribution in [0.5, 0.6) is 5.75 Å². The Balaban J connectivity index is 1.84. The molecule has 1 amide bonds. The summed E-state index contributed by atoms with van der Waals surface area (Å²) in [5.74, 6) is 1.09. The zero-order chi connectivity index (χ0) is 15.1. The van der Waals surface area contributed by atoms with Crippen LogP contribution in [-0.2, 0) is 11.3 Å². The first-order valence-corrected chi connectivity index (χ1v) is 7.13. The summed E-state index contributed by atoms with van der Waals surface area (Å²) in [4.78, 5) is 12.0. The fourth-order valence-electron chi connectivity index (χ4n) is 2.23. The van der Waals surface area contributed by atoms with Crippen LogP contribution < -0.4 is 10.1 Å². The Labute approximate surface area is 126 Å². The highest BCUT2D eigenvalue weighted by molar-refractivity contribution is 5.76. The average molecular weight is 283 g/mol. The third-order valence-electron chi connectivity index (χ3n) is 3.48. The number of hydrogen-bond acceptors (Lipinski definition) is 2. The molecule has 0 bridgehead atoms. The molecule has 0 aliphatic carbocycles. The highest BCUT2D eigenvalue weighted by Crippen LogP contribution is 2.18. The minimum atomic E-state index is 0.0640. The van der Waals surface area contributed by atoms with Crippen LogP contribution in [0.25, 0.3) is 0 Å². The highest BCUT2D eigenvalue weighted by atomic mass is 16.5. The maximum Gasteiger partial charge on any atom is 0.220 e. The fraction of sp³-hybridized carbons (Fsp3) is 0.278. The lowest BCUT2D eigenvalue weighted by Gasteiger charge is -2.12. The predicted molar refractivity (Wildman–Crippen MR) is 84.3 cm³/mol. The molecule has 2 aromatic rings. The van der Waals surface area contributed by atoms with Gasteiger partial charge in [-0.3, -0.25) is 4.79 Å². The molecule has 0 aromatic heterocycles. The molecule has 0 fully saturated rings. The lowest BCUT2D eigenvalue weighted by molar-refractivity contribution is -0.121. The topological polar surface area (TPSA) is 38.3 Å². The van der Waals surface area contributed by atoms with Crippen LogP contribution in [0.4, 0.5) is 0 Å². The molecule has 3 heteroatoms. The lowest BCUT2D eigenvalue weighted by atomic mass is 9.97. The summed E-state index contributed by atoms with van der Waals surface area (Å²) in [7, 11) is 1.64. The molecule has 0 heterocycles. The molecule has 3 nitrogen and oxygen atoms in total. The normalized spacial score (nSPS) is 11.7. The minimum absolute atomic E-state index is 0.0640. The number of rotatable bonds is 6. The molecule has 1 atom stereocenters. The van der Waals surface area contributed by atoms with Gasteiger partial charge in [-0.05, 0) is 29.2 Å². The summed E-state index contributed by atoms with van der Waals surface area (Å²) in [5, 5.41) is 2.96. The zero-order valence-electron chi connectivity index (χ0n) is 12.5. The molecule has 1 N–H and O–H groups in total. The highest BCUT2D eigenvalue weighted by Gasteiger charge is 2.10. The van der Waals surface area contributed by atoms with Gasteiger partial charge in [0, 0.05) is 13.0 Å². The van der Waals surface area contributed by atoms with Crippen molar-refractivity contribution in [3.63, 3.8) is 0 Å². The van der Waals surface area contributed by atoms with Gasteiger partial charge >= 0.3 is 0 Å². The van der Waals surface area contributed by atoms with Crippen LogP contribution in [0.2, 0.25) is 0 Å². The van der Waals surface area contributed by atoms with E-state index in [0.29, 0.717) is 13.0 Å². The van der Waals surface area contributed by atoms with Crippen molar-refractivity contribution >= 4 is 5.91 Å². The number of methoxy groups -OCH3 is 1. The summed E-state index contributed by atoms with van der Waals surface area (Å²) in [6, 6.07) is 17.8. The van der Waals surface area contributed by atoms with Crippen molar-refractivity contribution in [3.05, 3.63) is 65.7 Å². The zero-order valence-corrected chi connectivity index (χ0v) is 12.5. The number of carbonyl (C=O) groups excluding carboxylic acids is 1. The van der Waals surface area contributed by atoms with Gasteiger partial charge in [-0.25, -0.2) is 0 Å². The lowest BCUT2D eigenvalue weighted by Crippen LogP contribution is -2.24. The molecule has 21 heavy (non-hydrogen) atoms. The van der Waals surface area contributed by atoms with E-state index in [4.69, 9.17) is 4.74 Å². The molecule has 0 saturated carbocycles. The number of ether oxygens (including phenoxy) is 1. The first kappa shape index (κ1) is 15.1. The Morgan fingerprint density at radius 2 is 1.90 bits per heavy atom. The van der Waals surface area contributed by atoms with E-state index in [1.165, 1.54) is 5.56 Å². The maximum absolute atomic E-state index is 12.0. The van der Waals surface area contributed by atoms with Crippen LogP contribution >= 0.6 is 0 Å². The monoisotopic (exact) mass is 283 g/mol. The molecule has 0 saturated heterocycles. The second-order valence-electron chi connectivity index (χ2n) is 5.14. The molecule has 0 unspecified atom stereocenters. The summed E-state index contributed by atoms with van der Waals surface area (Å²) >= 11 is 0. The van der Waals surface area contributed by atoms with E-state index in [9.17, 15) is 4.79 Å². The quantitative estimate of drug-likeness (QED) is 0.881. The molecule has 2 rings (SSSR count). The summed E-state index contributed by atoms with van der Waals surface area (Å²) < 4.78 is 5.17. The second kappa shape index (κ2) is 7.48. The Bertz CT molecular complexity index is 581. The molecule has 0 aliphatic heterocycles. The molecule has 0 radical (unpaired) electrons. The SMILES string of the molecule is COc1cccc(CNC(=O)C[C@@H](C)c2ccccc2)c1. The molecule has 0 spiro atoms. The van der Waals surface area contributed by atoms with Crippen molar-refractivity contribution in [1.29, 1.82) is 0 Å². The third-order valence-corrected chi connectivity index (χ3v) is 3.48. The number of carbonyl (C=O) groups is 1. The van der Waals surface area contributed by atoms with Crippen LogP contribution in [0.3, 0.4) is 0 Å². The van der Waals surface area contributed by atoms with E-state index in [0.717, 1.165) is 11.3 Å². The smallest absolute Gasteiger partial charge is 0.220 e. The van der Waals surface area contributed by atoms with Crippen LogP contribution in [-0.4, -0.2) is 13.0 Å². The third kappa shape index (κ3) is 4.63. The van der Waals surface area contributed by atoms with Gasteiger partial charge in [-0.2, -0.15) is 0 Å². The molecular weight excluding hydrogens is 262 g/mol. The maximum atomic E-state index is 12.0. The Hall–Kier alpha value is -2.29. The van der Waals surface area contributed by atoms with E-state index in [2.05, 4.69) is 24.4 Å². The summed E-state index contributed by atoms with van der Waals surface area (Å²) in [5.41, 5.74) is 2.23. The van der Waals surface area contributed by atoms with E-state index in [1.54, 1.807) is 7.11 Å². The Morgan fingerprint density at radius 3 is 2.62 bits per heavy atom. The van der Waals surface area contributed by atoms with Gasteiger partial charge in [-0.1, -0.05) is 49.4 Å². The summed E-state index contributed by atoms with van der Waals surface area (Å²) in [6.07, 6.45) is 0.494. The van der Waals surface area contributed by atoms with Gasteiger partial charge in [0.05, 0.1) is 7.11 Å². The van der Waals surface area contributed by atoms with Crippen molar-refractivity contribution in [2.24, 2.45) is 0 Å². The van der Waals surface area contributed by atoms with Crippen molar-refractivity contribution in [2.75, 3.05) is 7.11 Å². The van der Waals surface area contributed by atoms with Crippen molar-refractivity contribution in [2.45, 2.75) is 25.8 Å². The van der Waals surface area contributed by atoms with Crippen molar-refractivity contribution < 1.29 is 9.53 Å². The van der Waals surface area contributed by atoms with Crippen LogP contribution in [0.15, 0.2) is 54.6 Å². The standard InChI is InChI=1S/C18H21NO2/c1-14(16-8-4-3-5-9-16)11-18(20)19-13-15-7-6-10-17(12-15)21-2/h3-10,12,14H,11,13H2,1-2H3,(H,19,20)/t14-/m1/s1. The average Bonchev–Trinajstić information content (AvgIpc) is 2.54. The van der Waals surface area contributed by atoms with Crippen LogP contribution in [0, 0.1) is 0 Å². The van der Waals surface area contributed by atoms with Gasteiger partial charge in [0.1, 0.15) is 5.75 Å². The largest absolute Gasteiger partial charge is 0.497 e. The number of amides is 1. The van der Waals surface area contributed by atoms with E-state index >= 15 is 0 Å². The van der Waals surface area contributed by atoms with Gasteiger partial charge in [0.2, 0.25) is 5.91 Å². The van der Waals surface area contributed by atoms with E-state index in [-0.39, 0.29) is 11.8 Å². The molecule has 110 valence electrons. The fourth-order valence-corrected chi connectivity index (χ4v) is 2.23. The molecule has 2 aromatic carbocycles. The van der Waals surface area contributed by atoms with E-state index in [1.807, 2.05) is 42.5 Å². The minimum Gasteiger partial charge on any atom is -0.497 e. The van der Waals surface area contributed by atoms with E-state index < -0.39 is 0 Å². The first-order valence-electron chi connectivity index (χ1n) is 7.13. The first-order chi connectivity index (χ1) is 10.2. The number of benzene rings is 2. The number of nitrogens with one attached hydrogen (secondary N) is 1. The van der Waals surface area contributed by atoms with Gasteiger partial charge in [0.15, 0.2) is 0 Å². The Kier molecular flexibility index (Phi) is 5.38. The van der Waals surface area contributed by atoms with Gasteiger partial charge in [0.25, 0.3) is 0 Å². The van der Waals surface area contributed by atoms with Gasteiger partial charge in [-0.15, -0.1) is 0 Å².